The first-order chi connectivity index (χ1) is 17.5. The predicted molar refractivity (Wildman–Crippen MR) is 139 cm³/mol. The SMILES string of the molecule is O=C(Nc1ccc(CC(=O)N2CCSCC2)cc1)c1cccc(CN2C(=O)c3ccccc3C2=O)c1. The van der Waals surface area contributed by atoms with Crippen LogP contribution in [0, 0.1) is 0 Å². The van der Waals surface area contributed by atoms with Crippen LogP contribution < -0.4 is 5.32 Å². The largest absolute Gasteiger partial charge is 0.341 e. The summed E-state index contributed by atoms with van der Waals surface area (Å²) in [5.41, 5.74) is 3.43. The van der Waals surface area contributed by atoms with E-state index in [-0.39, 0.29) is 30.2 Å². The third kappa shape index (κ3) is 5.04. The fourth-order valence-electron chi connectivity index (χ4n) is 4.38. The molecule has 36 heavy (non-hydrogen) atoms. The molecule has 0 spiro atoms. The van der Waals surface area contributed by atoms with Crippen molar-refractivity contribution in [2.24, 2.45) is 0 Å². The van der Waals surface area contributed by atoms with E-state index in [1.807, 2.05) is 28.8 Å². The minimum absolute atomic E-state index is 0.0892. The van der Waals surface area contributed by atoms with Crippen molar-refractivity contribution in [1.29, 1.82) is 0 Å². The molecule has 1 N–H and O–H groups in total. The molecule has 182 valence electrons. The van der Waals surface area contributed by atoms with Gasteiger partial charge in [-0.05, 0) is 47.5 Å². The van der Waals surface area contributed by atoms with E-state index in [9.17, 15) is 19.2 Å². The maximum Gasteiger partial charge on any atom is 0.261 e. The van der Waals surface area contributed by atoms with E-state index in [1.54, 1.807) is 60.7 Å². The summed E-state index contributed by atoms with van der Waals surface area (Å²) < 4.78 is 0. The molecule has 8 heteroatoms. The van der Waals surface area contributed by atoms with Crippen LogP contribution in [0.1, 0.15) is 42.2 Å². The first-order valence-electron chi connectivity index (χ1n) is 11.8. The number of hydrogen-bond donors (Lipinski definition) is 1. The Morgan fingerprint density at radius 2 is 1.47 bits per heavy atom. The Kier molecular flexibility index (Phi) is 6.86. The van der Waals surface area contributed by atoms with Gasteiger partial charge in [0, 0.05) is 35.8 Å². The van der Waals surface area contributed by atoms with Gasteiger partial charge in [-0.25, -0.2) is 0 Å². The van der Waals surface area contributed by atoms with Crippen LogP contribution in [0.2, 0.25) is 0 Å². The van der Waals surface area contributed by atoms with Gasteiger partial charge in [0.15, 0.2) is 0 Å². The molecular formula is C28H25N3O4S. The van der Waals surface area contributed by atoms with Gasteiger partial charge >= 0.3 is 0 Å². The summed E-state index contributed by atoms with van der Waals surface area (Å²) in [5.74, 6) is 1.13. The van der Waals surface area contributed by atoms with Crippen molar-refractivity contribution in [1.82, 2.24) is 9.80 Å². The molecule has 5 rings (SSSR count). The molecule has 7 nitrogen and oxygen atoms in total. The van der Waals surface area contributed by atoms with Crippen molar-refractivity contribution >= 4 is 41.1 Å². The summed E-state index contributed by atoms with van der Waals surface area (Å²) in [6, 6.07) is 20.9. The number of imide groups is 1. The topological polar surface area (TPSA) is 86.8 Å². The standard InChI is InChI=1S/C28H25N3O4S/c32-25(30-12-14-36-15-13-30)17-19-8-10-22(11-9-19)29-26(33)21-5-3-4-20(16-21)18-31-27(34)23-6-1-2-7-24(23)28(31)35/h1-11,16H,12-15,17-18H2,(H,29,33). The normalized spacial score (nSPS) is 15.1. The lowest BCUT2D eigenvalue weighted by molar-refractivity contribution is -0.130. The van der Waals surface area contributed by atoms with Crippen molar-refractivity contribution in [3.63, 3.8) is 0 Å². The van der Waals surface area contributed by atoms with Crippen molar-refractivity contribution in [2.45, 2.75) is 13.0 Å². The number of nitrogens with zero attached hydrogens (tertiary/aromatic N) is 2. The van der Waals surface area contributed by atoms with Crippen LogP contribution in [0.15, 0.2) is 72.8 Å². The number of hydrogen-bond acceptors (Lipinski definition) is 5. The molecule has 0 aromatic heterocycles. The molecule has 0 atom stereocenters. The molecule has 0 bridgehead atoms. The number of carbonyl (C=O) groups excluding carboxylic acids is 4. The molecule has 0 radical (unpaired) electrons. The lowest BCUT2D eigenvalue weighted by atomic mass is 10.1. The number of carbonyl (C=O) groups is 4. The number of thioether (sulfide) groups is 1. The first kappa shape index (κ1) is 23.8. The molecule has 4 amide bonds. The van der Waals surface area contributed by atoms with Crippen molar-refractivity contribution in [2.75, 3.05) is 29.9 Å². The monoisotopic (exact) mass is 499 g/mol. The van der Waals surface area contributed by atoms with Crippen LogP contribution in [0.3, 0.4) is 0 Å². The summed E-state index contributed by atoms with van der Waals surface area (Å²) in [5, 5.41) is 2.87. The highest BCUT2D eigenvalue weighted by Gasteiger charge is 2.35. The zero-order valence-corrected chi connectivity index (χ0v) is 20.4. The smallest absolute Gasteiger partial charge is 0.261 e. The first-order valence-corrected chi connectivity index (χ1v) is 12.9. The Balaban J connectivity index is 1.21. The van der Waals surface area contributed by atoms with E-state index in [4.69, 9.17) is 0 Å². The number of nitrogens with one attached hydrogen (secondary N) is 1. The highest BCUT2D eigenvalue weighted by atomic mass is 32.2. The van der Waals surface area contributed by atoms with E-state index < -0.39 is 0 Å². The van der Waals surface area contributed by atoms with Crippen LogP contribution in [0.4, 0.5) is 5.69 Å². The second-order valence-electron chi connectivity index (χ2n) is 8.76. The molecule has 1 saturated heterocycles. The highest BCUT2D eigenvalue weighted by molar-refractivity contribution is 7.99. The Labute approximate surface area is 213 Å². The summed E-state index contributed by atoms with van der Waals surface area (Å²) in [6.07, 6.45) is 0.346. The average Bonchev–Trinajstić information content (AvgIpc) is 3.15. The van der Waals surface area contributed by atoms with Gasteiger partial charge in [0.05, 0.1) is 24.1 Å². The van der Waals surface area contributed by atoms with Gasteiger partial charge in [0.1, 0.15) is 0 Å². The molecule has 0 saturated carbocycles. The van der Waals surface area contributed by atoms with Gasteiger partial charge in [0.2, 0.25) is 5.91 Å². The van der Waals surface area contributed by atoms with Crippen molar-refractivity contribution < 1.29 is 19.2 Å². The van der Waals surface area contributed by atoms with Crippen LogP contribution in [0.5, 0.6) is 0 Å². The Morgan fingerprint density at radius 1 is 0.806 bits per heavy atom. The van der Waals surface area contributed by atoms with E-state index >= 15 is 0 Å². The minimum Gasteiger partial charge on any atom is -0.341 e. The molecule has 0 aliphatic carbocycles. The third-order valence-electron chi connectivity index (χ3n) is 6.34. The van der Waals surface area contributed by atoms with Crippen LogP contribution in [0.25, 0.3) is 0 Å². The van der Waals surface area contributed by atoms with Crippen molar-refractivity contribution in [3.8, 4) is 0 Å². The number of fused-ring (bicyclic) bond motifs is 1. The number of anilines is 1. The Morgan fingerprint density at radius 3 is 2.14 bits per heavy atom. The van der Waals surface area contributed by atoms with Gasteiger partial charge in [-0.3, -0.25) is 24.1 Å². The summed E-state index contributed by atoms with van der Waals surface area (Å²) in [7, 11) is 0. The lowest BCUT2D eigenvalue weighted by Crippen LogP contribution is -2.38. The summed E-state index contributed by atoms with van der Waals surface area (Å²) in [4.78, 5) is 53.8. The lowest BCUT2D eigenvalue weighted by Gasteiger charge is -2.26. The second-order valence-corrected chi connectivity index (χ2v) is 9.99. The number of benzene rings is 3. The quantitative estimate of drug-likeness (QED) is 0.521. The van der Waals surface area contributed by atoms with E-state index in [1.165, 1.54) is 4.90 Å². The van der Waals surface area contributed by atoms with Gasteiger partial charge < -0.3 is 10.2 Å². The van der Waals surface area contributed by atoms with Crippen molar-refractivity contribution in [3.05, 3.63) is 101 Å². The molecule has 0 unspecified atom stereocenters. The number of rotatable bonds is 6. The fraction of sp³-hybridized carbons (Fsp3) is 0.214. The van der Waals surface area contributed by atoms with E-state index in [0.29, 0.717) is 34.4 Å². The molecule has 3 aromatic rings. The Hall–Kier alpha value is -3.91. The molecule has 2 heterocycles. The second kappa shape index (κ2) is 10.4. The fourth-order valence-corrected chi connectivity index (χ4v) is 5.29. The van der Waals surface area contributed by atoms with Crippen LogP contribution in [-0.2, 0) is 17.8 Å². The Bertz CT molecular complexity index is 1300. The summed E-state index contributed by atoms with van der Waals surface area (Å²) in [6.45, 7) is 1.68. The third-order valence-corrected chi connectivity index (χ3v) is 7.28. The van der Waals surface area contributed by atoms with Gasteiger partial charge in [0.25, 0.3) is 17.7 Å². The highest BCUT2D eigenvalue weighted by Crippen LogP contribution is 2.24. The van der Waals surface area contributed by atoms with Crippen LogP contribution in [-0.4, -0.2) is 58.0 Å². The van der Waals surface area contributed by atoms with E-state index in [0.717, 1.165) is 30.2 Å². The molecule has 1 fully saturated rings. The van der Waals surface area contributed by atoms with Crippen LogP contribution >= 0.6 is 11.8 Å². The van der Waals surface area contributed by atoms with E-state index in [2.05, 4.69) is 5.32 Å². The minimum atomic E-state index is -0.330. The maximum absolute atomic E-state index is 12.9. The maximum atomic E-state index is 12.9. The summed E-state index contributed by atoms with van der Waals surface area (Å²) >= 11 is 1.87. The number of amides is 4. The molecular weight excluding hydrogens is 474 g/mol. The molecule has 3 aromatic carbocycles. The zero-order chi connectivity index (χ0) is 25.1. The van der Waals surface area contributed by atoms with Gasteiger partial charge in [-0.2, -0.15) is 11.8 Å². The average molecular weight is 500 g/mol. The van der Waals surface area contributed by atoms with Gasteiger partial charge in [-0.15, -0.1) is 0 Å². The van der Waals surface area contributed by atoms with Gasteiger partial charge in [-0.1, -0.05) is 36.4 Å². The molecule has 2 aliphatic heterocycles. The molecule has 2 aliphatic rings. The predicted octanol–water partition coefficient (Wildman–Crippen LogP) is 3.85. The zero-order valence-electron chi connectivity index (χ0n) is 19.6.